The fourth-order valence-corrected chi connectivity index (χ4v) is 5.29. The highest BCUT2D eigenvalue weighted by Crippen LogP contribution is 2.39. The first-order chi connectivity index (χ1) is 17.4. The molecule has 1 N–H and O–H groups in total. The van der Waals surface area contributed by atoms with Crippen molar-refractivity contribution in [2.24, 2.45) is 17.3 Å². The van der Waals surface area contributed by atoms with Crippen LogP contribution in [-0.4, -0.2) is 30.5 Å². The van der Waals surface area contributed by atoms with E-state index in [4.69, 9.17) is 11.6 Å². The second-order valence-corrected chi connectivity index (χ2v) is 10.1. The minimum atomic E-state index is -4.87. The zero-order valence-corrected chi connectivity index (χ0v) is 20.6. The van der Waals surface area contributed by atoms with Crippen molar-refractivity contribution >= 4 is 49.8 Å². The molecule has 0 aliphatic rings. The Bertz CT molecular complexity index is 1620. The van der Waals surface area contributed by atoms with Crippen molar-refractivity contribution < 1.29 is 31.5 Å². The zero-order valence-electron chi connectivity index (χ0n) is 19.0. The number of carbonyl (C=O) groups is 1. The zero-order chi connectivity index (χ0) is 27.0. The van der Waals surface area contributed by atoms with E-state index in [9.17, 15) is 31.5 Å². The van der Waals surface area contributed by atoms with Gasteiger partial charge in [0.15, 0.2) is 5.69 Å². The van der Waals surface area contributed by atoms with Gasteiger partial charge >= 0.3 is 6.18 Å². The van der Waals surface area contributed by atoms with E-state index in [2.05, 4.69) is 10.2 Å². The molecule has 3 aromatic carbocycles. The van der Waals surface area contributed by atoms with Crippen LogP contribution < -0.4 is 4.31 Å². The topological polar surface area (TPSA) is 104 Å². The maximum Gasteiger partial charge on any atom is 0.417 e. The van der Waals surface area contributed by atoms with Gasteiger partial charge in [0.25, 0.3) is 15.9 Å². The SMILES string of the molecule is Cn1c(O)c(N=NC(=O)CN(c2ccc(Cl)c(C(F)(F)F)c2)S(=O)(=O)c2ccccc2)c2ccccc21. The maximum atomic E-state index is 13.5. The number of amides is 1. The van der Waals surface area contributed by atoms with Crippen molar-refractivity contribution in [3.63, 3.8) is 0 Å². The predicted octanol–water partition coefficient (Wildman–Crippen LogP) is 6.06. The van der Waals surface area contributed by atoms with Crippen molar-refractivity contribution in [3.05, 3.63) is 83.4 Å². The molecule has 1 heterocycles. The molecule has 0 spiro atoms. The number of sulfonamides is 1. The molecule has 0 saturated heterocycles. The van der Waals surface area contributed by atoms with Crippen LogP contribution in [0.15, 0.2) is 87.9 Å². The van der Waals surface area contributed by atoms with E-state index in [1.54, 1.807) is 37.4 Å². The number of alkyl halides is 3. The summed E-state index contributed by atoms with van der Waals surface area (Å²) >= 11 is 5.69. The van der Waals surface area contributed by atoms with Crippen molar-refractivity contribution in [2.75, 3.05) is 10.8 Å². The Morgan fingerprint density at radius 3 is 2.38 bits per heavy atom. The summed E-state index contributed by atoms with van der Waals surface area (Å²) in [5.41, 5.74) is -1.13. The van der Waals surface area contributed by atoms with E-state index in [1.165, 1.54) is 28.8 Å². The lowest BCUT2D eigenvalue weighted by Gasteiger charge is -2.24. The maximum absolute atomic E-state index is 13.5. The summed E-state index contributed by atoms with van der Waals surface area (Å²) in [4.78, 5) is 12.5. The van der Waals surface area contributed by atoms with Gasteiger partial charge in [-0.25, -0.2) is 8.42 Å². The minimum absolute atomic E-state index is 0.0187. The Hall–Kier alpha value is -3.90. The van der Waals surface area contributed by atoms with Crippen LogP contribution in [0.4, 0.5) is 24.5 Å². The number of halogens is 4. The standard InChI is InChI=1S/C24H18ClF3N4O4S/c1-31-20-10-6-5-9-17(20)22(23(31)34)30-29-21(33)14-32(37(35,36)16-7-3-2-4-8-16)15-11-12-19(25)18(13-15)24(26,27)28/h2-13,34H,14H2,1H3. The molecule has 0 aliphatic carbocycles. The lowest BCUT2D eigenvalue weighted by Crippen LogP contribution is -2.35. The molecule has 0 saturated carbocycles. The van der Waals surface area contributed by atoms with E-state index in [1.807, 2.05) is 0 Å². The fourth-order valence-electron chi connectivity index (χ4n) is 3.64. The predicted molar refractivity (Wildman–Crippen MR) is 132 cm³/mol. The largest absolute Gasteiger partial charge is 0.493 e. The highest BCUT2D eigenvalue weighted by molar-refractivity contribution is 7.92. The van der Waals surface area contributed by atoms with Gasteiger partial charge in [0.2, 0.25) is 5.88 Å². The van der Waals surface area contributed by atoms with Crippen molar-refractivity contribution in [3.8, 4) is 5.88 Å². The smallest absolute Gasteiger partial charge is 0.417 e. The van der Waals surface area contributed by atoms with E-state index in [-0.39, 0.29) is 16.5 Å². The van der Waals surface area contributed by atoms with Crippen molar-refractivity contribution in [1.82, 2.24) is 4.57 Å². The molecule has 13 heteroatoms. The number of aromatic nitrogens is 1. The van der Waals surface area contributed by atoms with E-state index >= 15 is 0 Å². The lowest BCUT2D eigenvalue weighted by atomic mass is 10.2. The van der Waals surface area contributed by atoms with Crippen molar-refractivity contribution in [1.29, 1.82) is 0 Å². The third-order valence-electron chi connectivity index (χ3n) is 5.46. The molecule has 0 atom stereocenters. The Labute approximate surface area is 214 Å². The average molecular weight is 551 g/mol. The number of benzene rings is 3. The molecule has 4 aromatic rings. The molecule has 192 valence electrons. The van der Waals surface area contributed by atoms with Crippen LogP contribution in [0, 0.1) is 0 Å². The molecule has 1 aromatic heterocycles. The van der Waals surface area contributed by atoms with E-state index in [0.29, 0.717) is 21.3 Å². The van der Waals surface area contributed by atoms with Crippen LogP contribution in [0.25, 0.3) is 10.9 Å². The molecular formula is C24H18ClF3N4O4S. The first-order valence-electron chi connectivity index (χ1n) is 10.6. The summed E-state index contributed by atoms with van der Waals surface area (Å²) in [6.45, 7) is -0.967. The van der Waals surface area contributed by atoms with Gasteiger partial charge < -0.3 is 9.67 Å². The number of aryl methyl sites for hydroxylation is 1. The number of hydrogen-bond acceptors (Lipinski definition) is 5. The van der Waals surface area contributed by atoms with Gasteiger partial charge in [0, 0.05) is 12.4 Å². The Kier molecular flexibility index (Phi) is 6.98. The first kappa shape index (κ1) is 26.2. The van der Waals surface area contributed by atoms with Crippen LogP contribution in [0.3, 0.4) is 0 Å². The molecule has 37 heavy (non-hydrogen) atoms. The van der Waals surface area contributed by atoms with Gasteiger partial charge in [-0.05, 0) is 36.4 Å². The molecule has 0 bridgehead atoms. The van der Waals surface area contributed by atoms with Crippen LogP contribution in [-0.2, 0) is 28.0 Å². The third-order valence-corrected chi connectivity index (χ3v) is 7.58. The number of nitrogens with zero attached hydrogens (tertiary/aromatic N) is 4. The van der Waals surface area contributed by atoms with Gasteiger partial charge in [-0.1, -0.05) is 48.0 Å². The summed E-state index contributed by atoms with van der Waals surface area (Å²) in [6, 6.07) is 16.2. The average Bonchev–Trinajstić information content (AvgIpc) is 3.11. The third kappa shape index (κ3) is 5.16. The molecule has 8 nitrogen and oxygen atoms in total. The van der Waals surface area contributed by atoms with Gasteiger partial charge in [-0.2, -0.15) is 13.2 Å². The Morgan fingerprint density at radius 2 is 1.70 bits per heavy atom. The van der Waals surface area contributed by atoms with Gasteiger partial charge in [-0.15, -0.1) is 10.2 Å². The Balaban J connectivity index is 1.75. The number of aromatic hydroxyl groups is 1. The molecule has 4 rings (SSSR count). The molecular weight excluding hydrogens is 533 g/mol. The first-order valence-corrected chi connectivity index (χ1v) is 12.4. The molecule has 0 fully saturated rings. The van der Waals surface area contributed by atoms with E-state index < -0.39 is 44.9 Å². The number of para-hydroxylation sites is 1. The summed E-state index contributed by atoms with van der Waals surface area (Å²) in [5.74, 6) is -1.37. The number of azo groups is 1. The van der Waals surface area contributed by atoms with Gasteiger partial charge in [0.05, 0.1) is 26.7 Å². The van der Waals surface area contributed by atoms with Gasteiger partial charge in [0.1, 0.15) is 6.54 Å². The number of fused-ring (bicyclic) bond motifs is 1. The van der Waals surface area contributed by atoms with E-state index in [0.717, 1.165) is 12.1 Å². The van der Waals surface area contributed by atoms with Crippen LogP contribution in [0.1, 0.15) is 5.56 Å². The normalized spacial score (nSPS) is 12.4. The van der Waals surface area contributed by atoms with Crippen molar-refractivity contribution in [2.45, 2.75) is 11.1 Å². The minimum Gasteiger partial charge on any atom is -0.493 e. The fraction of sp³-hybridized carbons (Fsp3) is 0.125. The summed E-state index contributed by atoms with van der Waals surface area (Å²) in [7, 11) is -2.92. The summed E-state index contributed by atoms with van der Waals surface area (Å²) in [5, 5.41) is 17.6. The van der Waals surface area contributed by atoms with Crippen LogP contribution >= 0.6 is 11.6 Å². The lowest BCUT2D eigenvalue weighted by molar-refractivity contribution is -0.137. The Morgan fingerprint density at radius 1 is 1.05 bits per heavy atom. The number of anilines is 1. The highest BCUT2D eigenvalue weighted by atomic mass is 35.5. The monoisotopic (exact) mass is 550 g/mol. The highest BCUT2D eigenvalue weighted by Gasteiger charge is 2.35. The second-order valence-electron chi connectivity index (χ2n) is 7.83. The number of carbonyl (C=O) groups excluding carboxylic acids is 1. The molecule has 0 aliphatic heterocycles. The van der Waals surface area contributed by atoms with Crippen LogP contribution in [0.5, 0.6) is 5.88 Å². The quantitative estimate of drug-likeness (QED) is 0.294. The molecule has 0 radical (unpaired) electrons. The number of hydrogen-bond donors (Lipinski definition) is 1. The molecule has 0 unspecified atom stereocenters. The number of rotatable bonds is 6. The molecule has 1 amide bonds. The summed E-state index contributed by atoms with van der Waals surface area (Å²) < 4.78 is 69.1. The van der Waals surface area contributed by atoms with Crippen LogP contribution in [0.2, 0.25) is 5.02 Å². The second kappa shape index (κ2) is 9.87. The van der Waals surface area contributed by atoms with Gasteiger partial charge in [-0.3, -0.25) is 9.10 Å². The summed E-state index contributed by atoms with van der Waals surface area (Å²) in [6.07, 6.45) is -4.87.